The van der Waals surface area contributed by atoms with Crippen molar-refractivity contribution in [3.05, 3.63) is 52.8 Å². The van der Waals surface area contributed by atoms with Crippen LogP contribution < -0.4 is 5.19 Å². The monoisotopic (exact) mass is 325 g/mol. The Kier molecular flexibility index (Phi) is 3.51. The first-order valence-corrected chi connectivity index (χ1v) is 11.3. The molecular weight excluding hydrogens is 310 g/mol. The maximum Gasteiger partial charge on any atom is 0.237 e. The summed E-state index contributed by atoms with van der Waals surface area (Å²) in [6.45, 7) is 6.64. The normalized spacial score (nSPS) is 11.5. The number of benzene rings is 1. The molecule has 0 bridgehead atoms. The van der Waals surface area contributed by atoms with Crippen LogP contribution in [0.5, 0.6) is 0 Å². The molecular formula is C17H15NO2SSi. The van der Waals surface area contributed by atoms with Crippen molar-refractivity contribution in [1.29, 1.82) is 5.26 Å². The van der Waals surface area contributed by atoms with Gasteiger partial charge in [0.2, 0.25) is 5.78 Å². The number of thiophene rings is 1. The van der Waals surface area contributed by atoms with Gasteiger partial charge in [0.05, 0.1) is 30.8 Å². The molecule has 0 spiro atoms. The molecule has 0 aliphatic heterocycles. The fourth-order valence-electron chi connectivity index (χ4n) is 2.59. The van der Waals surface area contributed by atoms with Gasteiger partial charge >= 0.3 is 0 Å². The van der Waals surface area contributed by atoms with E-state index in [-0.39, 0.29) is 5.78 Å². The van der Waals surface area contributed by atoms with Crippen LogP contribution in [-0.4, -0.2) is 13.9 Å². The standard InChI is InChI=1S/C17H15NO2SSi/c1-22(2,3)17-12-9-11(10-18)6-7-14(12)21-16(17)15(19)13-5-4-8-20-13/h4-9H,1-3H3. The Hall–Kier alpha value is -2.16. The Labute approximate surface area is 133 Å². The Morgan fingerprint density at radius 1 is 1.27 bits per heavy atom. The minimum Gasteiger partial charge on any atom is -0.461 e. The molecule has 2 heterocycles. The van der Waals surface area contributed by atoms with Gasteiger partial charge in [-0.1, -0.05) is 19.6 Å². The highest BCUT2D eigenvalue weighted by atomic mass is 32.1. The fourth-order valence-corrected chi connectivity index (χ4v) is 6.60. The molecule has 110 valence electrons. The quantitative estimate of drug-likeness (QED) is 0.537. The minimum absolute atomic E-state index is 0.0675. The van der Waals surface area contributed by atoms with E-state index in [1.807, 2.05) is 12.1 Å². The molecule has 0 aliphatic carbocycles. The third-order valence-corrected chi connectivity index (χ3v) is 6.89. The highest BCUT2D eigenvalue weighted by Crippen LogP contribution is 2.29. The summed E-state index contributed by atoms with van der Waals surface area (Å²) in [6.07, 6.45) is 1.52. The van der Waals surface area contributed by atoms with Crippen LogP contribution in [0.3, 0.4) is 0 Å². The van der Waals surface area contributed by atoms with E-state index in [2.05, 4.69) is 25.7 Å². The van der Waals surface area contributed by atoms with Gasteiger partial charge in [-0.3, -0.25) is 4.79 Å². The van der Waals surface area contributed by atoms with Gasteiger partial charge in [-0.2, -0.15) is 5.26 Å². The summed E-state index contributed by atoms with van der Waals surface area (Å²) in [5.74, 6) is 0.300. The van der Waals surface area contributed by atoms with Gasteiger partial charge in [0.15, 0.2) is 5.76 Å². The van der Waals surface area contributed by atoms with Crippen LogP contribution in [-0.2, 0) is 0 Å². The van der Waals surface area contributed by atoms with Crippen molar-refractivity contribution < 1.29 is 9.21 Å². The number of furan rings is 1. The van der Waals surface area contributed by atoms with Gasteiger partial charge in [-0.15, -0.1) is 11.3 Å². The minimum atomic E-state index is -1.76. The molecule has 22 heavy (non-hydrogen) atoms. The highest BCUT2D eigenvalue weighted by Gasteiger charge is 2.30. The molecule has 0 unspecified atom stereocenters. The van der Waals surface area contributed by atoms with Crippen LogP contribution in [0.1, 0.15) is 21.0 Å². The second-order valence-corrected chi connectivity index (χ2v) is 12.2. The fraction of sp³-hybridized carbons (Fsp3) is 0.176. The summed E-state index contributed by atoms with van der Waals surface area (Å²) in [5.41, 5.74) is 0.627. The first kappa shape index (κ1) is 14.8. The Morgan fingerprint density at radius 3 is 2.64 bits per heavy atom. The molecule has 0 amide bonds. The molecule has 0 atom stereocenters. The number of hydrogen-bond acceptors (Lipinski definition) is 4. The summed E-state index contributed by atoms with van der Waals surface area (Å²) >= 11 is 1.49. The molecule has 5 heteroatoms. The average molecular weight is 325 g/mol. The third kappa shape index (κ3) is 2.41. The second kappa shape index (κ2) is 5.23. The van der Waals surface area contributed by atoms with Crippen LogP contribution in [0.4, 0.5) is 0 Å². The first-order valence-electron chi connectivity index (χ1n) is 6.97. The Bertz CT molecular complexity index is 895. The van der Waals surface area contributed by atoms with Crippen LogP contribution in [0.25, 0.3) is 10.1 Å². The van der Waals surface area contributed by atoms with E-state index in [9.17, 15) is 4.79 Å². The van der Waals surface area contributed by atoms with Crippen molar-refractivity contribution in [2.45, 2.75) is 19.6 Å². The van der Waals surface area contributed by atoms with E-state index < -0.39 is 8.07 Å². The Balaban J connectivity index is 2.31. The molecule has 0 fully saturated rings. The van der Waals surface area contributed by atoms with E-state index in [4.69, 9.17) is 9.68 Å². The molecule has 0 N–H and O–H groups in total. The SMILES string of the molecule is C[Si](C)(C)c1c(C(=O)c2ccco2)sc2ccc(C#N)cc12. The lowest BCUT2D eigenvalue weighted by molar-refractivity contribution is 0.101. The Morgan fingerprint density at radius 2 is 2.05 bits per heavy atom. The predicted molar refractivity (Wildman–Crippen MR) is 91.7 cm³/mol. The zero-order valence-corrected chi connectivity index (χ0v) is 14.5. The van der Waals surface area contributed by atoms with E-state index in [1.54, 1.807) is 18.2 Å². The van der Waals surface area contributed by atoms with Crippen molar-refractivity contribution in [1.82, 2.24) is 0 Å². The maximum absolute atomic E-state index is 12.8. The van der Waals surface area contributed by atoms with Crippen molar-refractivity contribution in [2.24, 2.45) is 0 Å². The zero-order valence-electron chi connectivity index (χ0n) is 12.6. The number of carbonyl (C=O) groups excluding carboxylic acids is 1. The second-order valence-electron chi connectivity index (χ2n) is 6.19. The zero-order chi connectivity index (χ0) is 15.9. The highest BCUT2D eigenvalue weighted by molar-refractivity contribution is 7.23. The van der Waals surface area contributed by atoms with Crippen molar-refractivity contribution in [3.8, 4) is 6.07 Å². The van der Waals surface area contributed by atoms with Gasteiger partial charge in [0.1, 0.15) is 0 Å². The molecule has 0 saturated carbocycles. The van der Waals surface area contributed by atoms with Crippen molar-refractivity contribution in [2.75, 3.05) is 0 Å². The molecule has 3 aromatic rings. The number of ketones is 1. The summed E-state index contributed by atoms with van der Waals surface area (Å²) in [7, 11) is -1.76. The van der Waals surface area contributed by atoms with Crippen LogP contribution in [0.2, 0.25) is 19.6 Å². The number of nitrogens with zero attached hydrogens (tertiary/aromatic N) is 1. The topological polar surface area (TPSA) is 54.0 Å². The summed E-state index contributed by atoms with van der Waals surface area (Å²) in [5, 5.41) is 11.3. The van der Waals surface area contributed by atoms with Gasteiger partial charge < -0.3 is 4.42 Å². The molecule has 2 aromatic heterocycles. The lowest BCUT2D eigenvalue weighted by Gasteiger charge is -2.17. The number of carbonyl (C=O) groups is 1. The predicted octanol–water partition coefficient (Wildman–Crippen LogP) is 4.14. The van der Waals surface area contributed by atoms with E-state index >= 15 is 0 Å². The molecule has 3 rings (SSSR count). The largest absolute Gasteiger partial charge is 0.461 e. The molecule has 0 aliphatic rings. The van der Waals surface area contributed by atoms with Gasteiger partial charge in [0, 0.05) is 4.70 Å². The number of rotatable bonds is 3. The van der Waals surface area contributed by atoms with Crippen molar-refractivity contribution >= 4 is 40.5 Å². The smallest absolute Gasteiger partial charge is 0.237 e. The summed E-state index contributed by atoms with van der Waals surface area (Å²) in [6, 6.07) is 11.2. The number of hydrogen-bond donors (Lipinski definition) is 0. The maximum atomic E-state index is 12.8. The molecule has 0 saturated heterocycles. The third-order valence-electron chi connectivity index (χ3n) is 3.52. The van der Waals surface area contributed by atoms with Crippen LogP contribution in [0.15, 0.2) is 41.0 Å². The molecule has 3 nitrogen and oxygen atoms in total. The van der Waals surface area contributed by atoms with Crippen LogP contribution >= 0.6 is 11.3 Å². The van der Waals surface area contributed by atoms with Crippen LogP contribution in [0, 0.1) is 11.3 Å². The van der Waals surface area contributed by atoms with Gasteiger partial charge in [-0.05, 0) is 40.9 Å². The number of fused-ring (bicyclic) bond motifs is 1. The average Bonchev–Trinajstić information content (AvgIpc) is 3.12. The molecule has 0 radical (unpaired) electrons. The summed E-state index contributed by atoms with van der Waals surface area (Å²) in [4.78, 5) is 13.5. The van der Waals surface area contributed by atoms with E-state index in [0.717, 1.165) is 20.2 Å². The van der Waals surface area contributed by atoms with Crippen molar-refractivity contribution in [3.63, 3.8) is 0 Å². The van der Waals surface area contributed by atoms with E-state index in [1.165, 1.54) is 17.6 Å². The lowest BCUT2D eigenvalue weighted by Crippen LogP contribution is -2.40. The molecule has 1 aromatic carbocycles. The van der Waals surface area contributed by atoms with Gasteiger partial charge in [-0.25, -0.2) is 0 Å². The first-order chi connectivity index (χ1) is 10.4. The lowest BCUT2D eigenvalue weighted by atomic mass is 10.1. The summed E-state index contributed by atoms with van der Waals surface area (Å²) < 4.78 is 6.33. The van der Waals surface area contributed by atoms with Gasteiger partial charge in [0.25, 0.3) is 0 Å². The number of nitriles is 1. The van der Waals surface area contributed by atoms with E-state index in [0.29, 0.717) is 11.3 Å².